The summed E-state index contributed by atoms with van der Waals surface area (Å²) in [6.07, 6.45) is 0.467. The van der Waals surface area contributed by atoms with Gasteiger partial charge in [-0.1, -0.05) is 6.07 Å². The molecule has 0 saturated heterocycles. The number of aliphatic hydroxyl groups is 1. The standard InChI is InChI=1S/C33H36N2O7S.C16H24O4/c1-18(2)39-28-15-21(16-29(40-19(3)4)31(28)41-20(5)6)14-25-30(22-8-13-26-27(17-22)35-43-34-26)32(36)42-33(25,37)23-9-11-24(38-7)12-10-23;1-10(2)18-14-7-13(9-17)8-15(19-11(3)4)16(14)20-12(5)6/h8-13,15-20,37H,14H2,1-7H3;7-12H,1-6H3. The Balaban J connectivity index is 0.000000314. The highest BCUT2D eigenvalue weighted by molar-refractivity contribution is 7.00. The summed E-state index contributed by atoms with van der Waals surface area (Å²) in [5.74, 6) is 1.05. The van der Waals surface area contributed by atoms with Gasteiger partial charge in [-0.2, -0.15) is 8.75 Å². The van der Waals surface area contributed by atoms with Crippen LogP contribution in [0.15, 0.2) is 72.3 Å². The van der Waals surface area contributed by atoms with E-state index in [2.05, 4.69) is 8.75 Å². The largest absolute Gasteiger partial charge is 0.497 e. The number of esters is 1. The van der Waals surface area contributed by atoms with Crippen LogP contribution in [0.4, 0.5) is 0 Å². The Kier molecular flexibility index (Phi) is 16.1. The van der Waals surface area contributed by atoms with Crippen LogP contribution in [0.3, 0.4) is 0 Å². The molecule has 1 unspecified atom stereocenters. The van der Waals surface area contributed by atoms with Gasteiger partial charge in [0, 0.05) is 23.1 Å². The maximum Gasteiger partial charge on any atom is 0.342 e. The Morgan fingerprint density at radius 3 is 1.54 bits per heavy atom. The molecule has 0 amide bonds. The zero-order valence-corrected chi connectivity index (χ0v) is 39.2. The van der Waals surface area contributed by atoms with Crippen LogP contribution in [0.2, 0.25) is 0 Å². The topological polar surface area (TPSA) is 154 Å². The molecule has 1 N–H and O–H groups in total. The molecule has 6 rings (SSSR count). The summed E-state index contributed by atoms with van der Waals surface area (Å²) in [5.41, 5.74) is 4.20. The van der Waals surface area contributed by atoms with Crippen LogP contribution in [-0.2, 0) is 21.7 Å². The van der Waals surface area contributed by atoms with Crippen molar-refractivity contribution >= 4 is 40.6 Å². The van der Waals surface area contributed by atoms with Gasteiger partial charge in [0.15, 0.2) is 23.0 Å². The van der Waals surface area contributed by atoms with Crippen LogP contribution in [0, 0.1) is 0 Å². The molecule has 1 aliphatic heterocycles. The zero-order valence-electron chi connectivity index (χ0n) is 38.4. The average molecular weight is 885 g/mol. The lowest BCUT2D eigenvalue weighted by molar-refractivity contribution is -0.185. The van der Waals surface area contributed by atoms with Gasteiger partial charge in [-0.25, -0.2) is 4.79 Å². The van der Waals surface area contributed by atoms with Gasteiger partial charge in [0.25, 0.3) is 5.79 Å². The van der Waals surface area contributed by atoms with Crippen molar-refractivity contribution in [3.63, 3.8) is 0 Å². The molecule has 1 aliphatic rings. The molecular weight excluding hydrogens is 825 g/mol. The lowest BCUT2D eigenvalue weighted by Crippen LogP contribution is -2.29. The highest BCUT2D eigenvalue weighted by Crippen LogP contribution is 2.48. The molecule has 0 fully saturated rings. The first-order valence-electron chi connectivity index (χ1n) is 21.2. The first-order valence-corrected chi connectivity index (χ1v) is 21.9. The molecule has 0 radical (unpaired) electrons. The number of nitrogens with zero attached hydrogens (tertiary/aromatic N) is 2. The van der Waals surface area contributed by atoms with Crippen LogP contribution in [-0.4, -0.2) is 69.8 Å². The molecule has 0 spiro atoms. The summed E-state index contributed by atoms with van der Waals surface area (Å²) in [4.78, 5) is 24.7. The number of rotatable bonds is 18. The minimum Gasteiger partial charge on any atom is -0.497 e. The molecule has 2 heterocycles. The average Bonchev–Trinajstić information content (AvgIpc) is 3.77. The number of carbonyl (C=O) groups excluding carboxylic acids is 2. The number of fused-ring (bicyclic) bond motifs is 1. The number of hydrogen-bond donors (Lipinski definition) is 1. The second-order valence-corrected chi connectivity index (χ2v) is 17.2. The van der Waals surface area contributed by atoms with Crippen molar-refractivity contribution in [1.82, 2.24) is 8.75 Å². The highest BCUT2D eigenvalue weighted by Gasteiger charge is 2.48. The van der Waals surface area contributed by atoms with Crippen molar-refractivity contribution in [3.8, 4) is 40.2 Å². The van der Waals surface area contributed by atoms with E-state index in [0.717, 1.165) is 29.1 Å². The third-order valence-electron chi connectivity index (χ3n) is 8.98. The van der Waals surface area contributed by atoms with Crippen LogP contribution in [0.5, 0.6) is 40.2 Å². The number of aldehydes is 1. The van der Waals surface area contributed by atoms with Gasteiger partial charge >= 0.3 is 5.97 Å². The maximum absolute atomic E-state index is 13.6. The lowest BCUT2D eigenvalue weighted by atomic mass is 9.87. The Morgan fingerprint density at radius 1 is 0.635 bits per heavy atom. The summed E-state index contributed by atoms with van der Waals surface area (Å²) in [6.45, 7) is 23.2. The van der Waals surface area contributed by atoms with Crippen LogP contribution < -0.4 is 33.2 Å². The molecule has 1 aromatic heterocycles. The molecule has 1 atom stereocenters. The molecule has 5 aromatic rings. The minimum absolute atomic E-state index is 0.0129. The van der Waals surface area contributed by atoms with Gasteiger partial charge in [0.2, 0.25) is 11.5 Å². The molecule has 0 saturated carbocycles. The van der Waals surface area contributed by atoms with E-state index in [0.29, 0.717) is 68.0 Å². The quantitative estimate of drug-likeness (QED) is 0.0656. The summed E-state index contributed by atoms with van der Waals surface area (Å²) in [5, 5.41) is 12.2. The number of cyclic esters (lactones) is 1. The smallest absolute Gasteiger partial charge is 0.342 e. The summed E-state index contributed by atoms with van der Waals surface area (Å²) in [6, 6.07) is 19.3. The fourth-order valence-electron chi connectivity index (χ4n) is 6.70. The van der Waals surface area contributed by atoms with Gasteiger partial charge in [-0.05, 0) is 155 Å². The Labute approximate surface area is 374 Å². The van der Waals surface area contributed by atoms with Gasteiger partial charge < -0.3 is 43.0 Å². The number of ether oxygens (including phenoxy) is 8. The third-order valence-corrected chi connectivity index (χ3v) is 9.53. The van der Waals surface area contributed by atoms with Gasteiger partial charge in [0.1, 0.15) is 23.1 Å². The van der Waals surface area contributed by atoms with Gasteiger partial charge in [-0.3, -0.25) is 4.79 Å². The van der Waals surface area contributed by atoms with E-state index in [1.807, 2.05) is 95.2 Å². The highest BCUT2D eigenvalue weighted by atomic mass is 32.1. The number of hydrogen-bond acceptors (Lipinski definition) is 14. The van der Waals surface area contributed by atoms with Crippen LogP contribution >= 0.6 is 11.7 Å². The van der Waals surface area contributed by atoms with Gasteiger partial charge in [-0.15, -0.1) is 0 Å². The Morgan fingerprint density at radius 2 is 1.10 bits per heavy atom. The predicted octanol–water partition coefficient (Wildman–Crippen LogP) is 10.3. The van der Waals surface area contributed by atoms with Crippen LogP contribution in [0.1, 0.15) is 110 Å². The second-order valence-electron chi connectivity index (χ2n) is 16.6. The summed E-state index contributed by atoms with van der Waals surface area (Å²) < 4.78 is 55.6. The first kappa shape index (κ1) is 48.2. The van der Waals surface area contributed by atoms with Crippen molar-refractivity contribution in [2.24, 2.45) is 0 Å². The monoisotopic (exact) mass is 884 g/mol. The van der Waals surface area contributed by atoms with Crippen LogP contribution in [0.25, 0.3) is 16.6 Å². The predicted molar refractivity (Wildman–Crippen MR) is 244 cm³/mol. The second kappa shape index (κ2) is 21.0. The zero-order chi connectivity index (χ0) is 46.2. The summed E-state index contributed by atoms with van der Waals surface area (Å²) >= 11 is 1.09. The first-order chi connectivity index (χ1) is 29.8. The normalized spacial score (nSPS) is 15.0. The molecular formula is C49H60N2O11S. The van der Waals surface area contributed by atoms with E-state index >= 15 is 0 Å². The van der Waals surface area contributed by atoms with E-state index < -0.39 is 11.8 Å². The van der Waals surface area contributed by atoms with Crippen molar-refractivity contribution in [1.29, 1.82) is 0 Å². The van der Waals surface area contributed by atoms with Gasteiger partial charge in [0.05, 0.1) is 61.0 Å². The number of benzene rings is 4. The molecule has 0 aliphatic carbocycles. The number of methoxy groups -OCH3 is 1. The van der Waals surface area contributed by atoms with Crippen molar-refractivity contribution in [3.05, 3.63) is 94.6 Å². The van der Waals surface area contributed by atoms with E-state index in [9.17, 15) is 14.7 Å². The fraction of sp³-hybridized carbons (Fsp3) is 0.429. The lowest BCUT2D eigenvalue weighted by Gasteiger charge is -2.27. The van der Waals surface area contributed by atoms with E-state index in [1.54, 1.807) is 61.7 Å². The molecule has 0 bridgehead atoms. The Hall–Kier alpha value is -5.86. The maximum atomic E-state index is 13.6. The molecule has 338 valence electrons. The van der Waals surface area contributed by atoms with E-state index in [-0.39, 0.29) is 48.6 Å². The van der Waals surface area contributed by atoms with Crippen molar-refractivity contribution in [2.75, 3.05) is 7.11 Å². The van der Waals surface area contributed by atoms with Crippen molar-refractivity contribution < 1.29 is 52.6 Å². The Bertz CT molecular complexity index is 2320. The summed E-state index contributed by atoms with van der Waals surface area (Å²) in [7, 11) is 1.56. The van der Waals surface area contributed by atoms with E-state index in [1.165, 1.54) is 0 Å². The molecule has 63 heavy (non-hydrogen) atoms. The third kappa shape index (κ3) is 12.2. The molecule has 13 nitrogen and oxygen atoms in total. The SMILES string of the molecule is CC(C)Oc1cc(C=O)cc(OC(C)C)c1OC(C)C.COc1ccc(C2(O)OC(=O)C(c3ccc4nsnc4c3)=C2Cc2cc(OC(C)C)c(OC(C)C)c(OC(C)C)c2)cc1. The minimum atomic E-state index is -2.04. The molecule has 4 aromatic carbocycles. The number of carbonyl (C=O) groups is 2. The van der Waals surface area contributed by atoms with E-state index in [4.69, 9.17) is 37.9 Å². The number of aromatic nitrogens is 2. The van der Waals surface area contributed by atoms with Crippen molar-refractivity contribution in [2.45, 2.75) is 132 Å². The molecule has 14 heteroatoms. The fourth-order valence-corrected chi connectivity index (χ4v) is 7.22.